The van der Waals surface area contributed by atoms with Crippen molar-refractivity contribution in [2.45, 2.75) is 77.0 Å². The topological polar surface area (TPSA) is 35.5 Å². The summed E-state index contributed by atoms with van der Waals surface area (Å²) >= 11 is 0. The third-order valence-electron chi connectivity index (χ3n) is 4.35. The summed E-state index contributed by atoms with van der Waals surface area (Å²) < 4.78 is 0. The fourth-order valence-corrected chi connectivity index (χ4v) is 2.85. The second kappa shape index (κ2) is 7.46. The molecule has 2 N–H and O–H groups in total. The van der Waals surface area contributed by atoms with Crippen molar-refractivity contribution < 1.29 is 5.11 Å². The summed E-state index contributed by atoms with van der Waals surface area (Å²) in [5.41, 5.74) is -0.536. The monoisotopic (exact) mass is 256 g/mol. The molecule has 0 aromatic heterocycles. The van der Waals surface area contributed by atoms with Gasteiger partial charge in [-0.1, -0.05) is 13.8 Å². The predicted octanol–water partition coefficient (Wildman–Crippen LogP) is 2.39. The minimum Gasteiger partial charge on any atom is -0.389 e. The first-order valence-corrected chi connectivity index (χ1v) is 7.64. The molecule has 0 aromatic rings. The Bertz CT molecular complexity index is 223. The van der Waals surface area contributed by atoms with E-state index in [-0.39, 0.29) is 0 Å². The maximum Gasteiger partial charge on any atom is 0.0743 e. The molecule has 18 heavy (non-hydrogen) atoms. The predicted molar refractivity (Wildman–Crippen MR) is 77.9 cm³/mol. The van der Waals surface area contributed by atoms with Gasteiger partial charge in [0.1, 0.15) is 0 Å². The molecule has 0 bridgehead atoms. The molecule has 0 amide bonds. The Balaban J connectivity index is 2.29. The van der Waals surface area contributed by atoms with Crippen molar-refractivity contribution in [1.29, 1.82) is 0 Å². The minimum absolute atomic E-state index is 0.536. The Labute approximate surface area is 113 Å². The maximum atomic E-state index is 10.1. The highest BCUT2D eigenvalue weighted by atomic mass is 16.3. The molecular weight excluding hydrogens is 224 g/mol. The lowest BCUT2D eigenvalue weighted by Gasteiger charge is -2.38. The van der Waals surface area contributed by atoms with Gasteiger partial charge < -0.3 is 15.3 Å². The summed E-state index contributed by atoms with van der Waals surface area (Å²) in [6.07, 6.45) is 7.13. The van der Waals surface area contributed by atoms with Crippen molar-refractivity contribution in [2.75, 3.05) is 20.1 Å². The number of nitrogens with zero attached hydrogens (tertiary/aromatic N) is 1. The van der Waals surface area contributed by atoms with E-state index in [1.54, 1.807) is 0 Å². The van der Waals surface area contributed by atoms with Crippen molar-refractivity contribution in [3.8, 4) is 0 Å². The number of likely N-dealkylation sites (N-methyl/N-ethyl adjacent to an activating group) is 1. The summed E-state index contributed by atoms with van der Waals surface area (Å²) in [4.78, 5) is 2.36. The van der Waals surface area contributed by atoms with E-state index >= 15 is 0 Å². The summed E-state index contributed by atoms with van der Waals surface area (Å²) in [6, 6.07) is 1.38. The van der Waals surface area contributed by atoms with E-state index in [1.165, 1.54) is 32.1 Å². The van der Waals surface area contributed by atoms with E-state index in [9.17, 15) is 5.11 Å². The molecule has 3 heteroatoms. The smallest absolute Gasteiger partial charge is 0.0743 e. The maximum absolute atomic E-state index is 10.1. The number of aliphatic hydroxyl groups is 1. The van der Waals surface area contributed by atoms with Crippen LogP contribution in [0.5, 0.6) is 0 Å². The molecule has 0 saturated heterocycles. The molecule has 108 valence electrons. The molecule has 3 nitrogen and oxygen atoms in total. The van der Waals surface area contributed by atoms with Crippen LogP contribution in [0.1, 0.15) is 59.3 Å². The molecule has 1 fully saturated rings. The van der Waals surface area contributed by atoms with Gasteiger partial charge in [0, 0.05) is 18.6 Å². The zero-order valence-electron chi connectivity index (χ0n) is 12.7. The minimum atomic E-state index is -0.536. The van der Waals surface area contributed by atoms with Crippen LogP contribution >= 0.6 is 0 Å². The van der Waals surface area contributed by atoms with Gasteiger partial charge in [0.2, 0.25) is 0 Å². The van der Waals surface area contributed by atoms with Crippen LogP contribution in [0, 0.1) is 0 Å². The Morgan fingerprint density at radius 1 is 1.22 bits per heavy atom. The van der Waals surface area contributed by atoms with Gasteiger partial charge in [0.05, 0.1) is 5.60 Å². The molecule has 1 atom stereocenters. The number of hydrogen-bond donors (Lipinski definition) is 2. The van der Waals surface area contributed by atoms with Crippen molar-refractivity contribution in [3.63, 3.8) is 0 Å². The SMILES string of the molecule is CCCNC1CCC(N(C)CC(C)(O)CC)CC1. The molecule has 1 rings (SSSR count). The fourth-order valence-electron chi connectivity index (χ4n) is 2.85. The van der Waals surface area contributed by atoms with Gasteiger partial charge in [-0.25, -0.2) is 0 Å². The largest absolute Gasteiger partial charge is 0.389 e. The van der Waals surface area contributed by atoms with Crippen molar-refractivity contribution in [3.05, 3.63) is 0 Å². The van der Waals surface area contributed by atoms with Gasteiger partial charge in [-0.3, -0.25) is 0 Å². The van der Waals surface area contributed by atoms with Crippen LogP contribution in [-0.2, 0) is 0 Å². The first kappa shape index (κ1) is 15.9. The standard InChI is InChI=1S/C15H32N2O/c1-5-11-16-13-7-9-14(10-8-13)17(4)12-15(3,18)6-2/h13-14,16,18H,5-12H2,1-4H3. The molecular formula is C15H32N2O. The molecule has 0 aromatic carbocycles. The molecule has 1 aliphatic rings. The average molecular weight is 256 g/mol. The van der Waals surface area contributed by atoms with E-state index in [2.05, 4.69) is 31.1 Å². The normalized spacial score (nSPS) is 28.3. The summed E-state index contributed by atoms with van der Waals surface area (Å²) in [5, 5.41) is 13.8. The lowest BCUT2D eigenvalue weighted by molar-refractivity contribution is 0.00608. The Kier molecular flexibility index (Phi) is 6.61. The Morgan fingerprint density at radius 2 is 1.83 bits per heavy atom. The summed E-state index contributed by atoms with van der Waals surface area (Å²) in [6.45, 7) is 8.16. The van der Waals surface area contributed by atoms with E-state index in [4.69, 9.17) is 0 Å². The molecule has 1 unspecified atom stereocenters. The van der Waals surface area contributed by atoms with Crippen LogP contribution in [0.15, 0.2) is 0 Å². The van der Waals surface area contributed by atoms with Crippen molar-refractivity contribution in [1.82, 2.24) is 10.2 Å². The third-order valence-corrected chi connectivity index (χ3v) is 4.35. The first-order chi connectivity index (χ1) is 8.48. The van der Waals surface area contributed by atoms with E-state index in [1.807, 2.05) is 6.92 Å². The number of nitrogens with one attached hydrogen (secondary N) is 1. The lowest BCUT2D eigenvalue weighted by Crippen LogP contribution is -2.46. The fraction of sp³-hybridized carbons (Fsp3) is 1.00. The zero-order valence-corrected chi connectivity index (χ0v) is 12.7. The van der Waals surface area contributed by atoms with Gasteiger partial charge in [0.25, 0.3) is 0 Å². The van der Waals surface area contributed by atoms with Gasteiger partial charge in [-0.15, -0.1) is 0 Å². The lowest BCUT2D eigenvalue weighted by atomic mass is 9.89. The summed E-state index contributed by atoms with van der Waals surface area (Å²) in [7, 11) is 2.16. The Morgan fingerprint density at radius 3 is 2.33 bits per heavy atom. The number of rotatable bonds is 7. The second-order valence-electron chi connectivity index (χ2n) is 6.23. The van der Waals surface area contributed by atoms with Crippen molar-refractivity contribution in [2.24, 2.45) is 0 Å². The van der Waals surface area contributed by atoms with E-state index in [0.29, 0.717) is 6.04 Å². The molecule has 1 aliphatic carbocycles. The van der Waals surface area contributed by atoms with Gasteiger partial charge in [-0.05, 0) is 59.0 Å². The number of hydrogen-bond acceptors (Lipinski definition) is 3. The van der Waals surface area contributed by atoms with Crippen LogP contribution in [-0.4, -0.2) is 47.8 Å². The van der Waals surface area contributed by atoms with Crippen LogP contribution in [0.3, 0.4) is 0 Å². The average Bonchev–Trinajstić information content (AvgIpc) is 2.36. The van der Waals surface area contributed by atoms with E-state index in [0.717, 1.165) is 25.6 Å². The van der Waals surface area contributed by atoms with Gasteiger partial charge >= 0.3 is 0 Å². The third kappa shape index (κ3) is 5.25. The van der Waals surface area contributed by atoms with Gasteiger partial charge in [0.15, 0.2) is 0 Å². The van der Waals surface area contributed by atoms with Gasteiger partial charge in [-0.2, -0.15) is 0 Å². The van der Waals surface area contributed by atoms with E-state index < -0.39 is 5.60 Å². The highest BCUT2D eigenvalue weighted by molar-refractivity contribution is 4.84. The van der Waals surface area contributed by atoms with Crippen LogP contribution in [0.2, 0.25) is 0 Å². The molecule has 0 radical (unpaired) electrons. The molecule has 0 aliphatic heterocycles. The molecule has 1 saturated carbocycles. The van der Waals surface area contributed by atoms with Crippen LogP contribution < -0.4 is 5.32 Å². The zero-order chi connectivity index (χ0) is 13.6. The highest BCUT2D eigenvalue weighted by Crippen LogP contribution is 2.24. The highest BCUT2D eigenvalue weighted by Gasteiger charge is 2.27. The Hall–Kier alpha value is -0.120. The second-order valence-corrected chi connectivity index (χ2v) is 6.23. The first-order valence-electron chi connectivity index (χ1n) is 7.64. The van der Waals surface area contributed by atoms with Crippen LogP contribution in [0.25, 0.3) is 0 Å². The summed E-state index contributed by atoms with van der Waals surface area (Å²) in [5.74, 6) is 0. The quantitative estimate of drug-likeness (QED) is 0.734. The molecule has 0 heterocycles. The molecule has 0 spiro atoms. The van der Waals surface area contributed by atoms with Crippen molar-refractivity contribution >= 4 is 0 Å². The van der Waals surface area contributed by atoms with Crippen LogP contribution in [0.4, 0.5) is 0 Å².